The molecule has 7 heteroatoms. The lowest BCUT2D eigenvalue weighted by molar-refractivity contribution is -0.122. The van der Waals surface area contributed by atoms with Crippen molar-refractivity contribution in [3.63, 3.8) is 0 Å². The number of anilines is 1. The molecule has 0 spiro atoms. The van der Waals surface area contributed by atoms with Crippen molar-refractivity contribution in [3.05, 3.63) is 66.1 Å². The number of hydrogen-bond acceptors (Lipinski definition) is 4. The van der Waals surface area contributed by atoms with Gasteiger partial charge in [-0.15, -0.1) is 0 Å². The van der Waals surface area contributed by atoms with Crippen LogP contribution in [-0.4, -0.2) is 22.7 Å². The lowest BCUT2D eigenvalue weighted by Crippen LogP contribution is -2.33. The largest absolute Gasteiger partial charge is 0.366 e. The highest BCUT2D eigenvalue weighted by atomic mass is 127. The molecule has 1 saturated heterocycles. The Balaban J connectivity index is 1.72. The predicted octanol–water partition coefficient (Wildman–Crippen LogP) is 5.00. The molecule has 2 aromatic rings. The van der Waals surface area contributed by atoms with E-state index in [0.717, 1.165) is 30.2 Å². The number of benzene rings is 2. The molecule has 1 heterocycles. The van der Waals surface area contributed by atoms with Crippen LogP contribution in [0.25, 0.3) is 6.08 Å². The predicted molar refractivity (Wildman–Crippen MR) is 115 cm³/mol. The van der Waals surface area contributed by atoms with Gasteiger partial charge in [-0.25, -0.2) is 0 Å². The quantitative estimate of drug-likeness (QED) is 0.421. The van der Waals surface area contributed by atoms with E-state index in [4.69, 9.17) is 0 Å². The topological polar surface area (TPSA) is 49.4 Å². The number of thioether (sulfide) groups is 1. The zero-order valence-corrected chi connectivity index (χ0v) is 17.5. The fourth-order valence-corrected chi connectivity index (χ4v) is 3.89. The Kier molecular flexibility index (Phi) is 5.82. The number of nitrogens with one attached hydrogen (secondary N) is 1. The first-order valence-corrected chi connectivity index (χ1v) is 10.0. The van der Waals surface area contributed by atoms with E-state index in [9.17, 15) is 9.59 Å². The molecule has 2 aromatic carbocycles. The molecule has 1 aliphatic heterocycles. The summed E-state index contributed by atoms with van der Waals surface area (Å²) in [5, 5.41) is 2.89. The Morgan fingerprint density at radius 2 is 1.75 bits per heavy atom. The van der Waals surface area contributed by atoms with Crippen molar-refractivity contribution >= 4 is 79.9 Å². The lowest BCUT2D eigenvalue weighted by atomic mass is 10.2. The van der Waals surface area contributed by atoms with Crippen molar-refractivity contribution in [1.29, 1.82) is 0 Å². The zero-order chi connectivity index (χ0) is 17.1. The smallest absolute Gasteiger partial charge is 0.295 e. The van der Waals surface area contributed by atoms with E-state index >= 15 is 0 Å². The van der Waals surface area contributed by atoms with E-state index < -0.39 is 0 Å². The summed E-state index contributed by atoms with van der Waals surface area (Å²) < 4.78 is 2.16. The fraction of sp³-hybridized carbons (Fsp3) is 0.0588. The summed E-state index contributed by atoms with van der Waals surface area (Å²) in [5.74, 6) is -0.262. The van der Waals surface area contributed by atoms with Crippen LogP contribution in [0.3, 0.4) is 0 Å². The van der Waals surface area contributed by atoms with E-state index in [1.54, 1.807) is 6.08 Å². The highest BCUT2D eigenvalue weighted by Crippen LogP contribution is 2.32. The highest BCUT2D eigenvalue weighted by Gasteiger charge is 2.34. The van der Waals surface area contributed by atoms with Crippen LogP contribution in [0.2, 0.25) is 0 Å². The molecule has 0 radical (unpaired) electrons. The number of imide groups is 1. The molecule has 122 valence electrons. The minimum Gasteiger partial charge on any atom is -0.366 e. The second kappa shape index (κ2) is 7.87. The van der Waals surface area contributed by atoms with Gasteiger partial charge >= 0.3 is 0 Å². The van der Waals surface area contributed by atoms with E-state index in [1.807, 2.05) is 48.5 Å². The number of carbonyl (C=O) groups excluding carboxylic acids is 2. The van der Waals surface area contributed by atoms with Crippen molar-refractivity contribution in [2.24, 2.45) is 0 Å². The van der Waals surface area contributed by atoms with Crippen LogP contribution < -0.4 is 5.32 Å². The zero-order valence-electron chi connectivity index (χ0n) is 12.3. The van der Waals surface area contributed by atoms with Crippen molar-refractivity contribution in [1.82, 2.24) is 4.90 Å². The maximum Gasteiger partial charge on any atom is 0.295 e. The van der Waals surface area contributed by atoms with Crippen LogP contribution in [0.5, 0.6) is 0 Å². The molecule has 2 amide bonds. The van der Waals surface area contributed by atoms with Gasteiger partial charge in [0.15, 0.2) is 0 Å². The van der Waals surface area contributed by atoms with E-state index in [2.05, 4.69) is 50.5 Å². The number of carbonyl (C=O) groups is 2. The van der Waals surface area contributed by atoms with Gasteiger partial charge in [0.25, 0.3) is 11.1 Å². The van der Waals surface area contributed by atoms with Crippen LogP contribution in [0.1, 0.15) is 5.56 Å². The normalized spacial score (nSPS) is 16.1. The molecule has 1 aliphatic rings. The summed E-state index contributed by atoms with van der Waals surface area (Å²) in [5.41, 5.74) is 1.81. The Bertz CT molecular complexity index is 822. The minimum atomic E-state index is -0.262. The third kappa shape index (κ3) is 4.12. The van der Waals surface area contributed by atoms with Crippen molar-refractivity contribution in [2.45, 2.75) is 0 Å². The maximum absolute atomic E-state index is 12.5. The van der Waals surface area contributed by atoms with Crippen LogP contribution >= 0.6 is 56.9 Å². The number of hydrogen-bond donors (Lipinski definition) is 1. The third-order valence-corrected chi connectivity index (χ3v) is 5.91. The van der Waals surface area contributed by atoms with Gasteiger partial charge in [-0.3, -0.25) is 14.5 Å². The summed E-state index contributed by atoms with van der Waals surface area (Å²) >= 11 is 5.41. The molecule has 3 rings (SSSR count). The van der Waals surface area contributed by atoms with Gasteiger partial charge in [0.1, 0.15) is 0 Å². The van der Waals surface area contributed by atoms with E-state index in [0.29, 0.717) is 4.91 Å². The molecule has 24 heavy (non-hydrogen) atoms. The van der Waals surface area contributed by atoms with Crippen molar-refractivity contribution < 1.29 is 9.59 Å². The SMILES string of the molecule is O=C1SC(=Cc2ccc(I)cc2)C(=O)N1CNc1ccccc1I. The van der Waals surface area contributed by atoms with Gasteiger partial charge in [0.05, 0.1) is 11.6 Å². The summed E-state index contributed by atoms with van der Waals surface area (Å²) in [6.45, 7) is 0.161. The molecule has 4 nitrogen and oxygen atoms in total. The van der Waals surface area contributed by atoms with Crippen LogP contribution in [0.15, 0.2) is 53.4 Å². The molecule has 0 atom stereocenters. The Morgan fingerprint density at radius 1 is 1.04 bits per heavy atom. The first-order valence-electron chi connectivity index (χ1n) is 7.04. The lowest BCUT2D eigenvalue weighted by Gasteiger charge is -2.15. The first-order chi connectivity index (χ1) is 11.5. The maximum atomic E-state index is 12.5. The molecule has 0 aromatic heterocycles. The molecule has 0 aliphatic carbocycles. The fourth-order valence-electron chi connectivity index (χ4n) is 2.12. The first kappa shape index (κ1) is 17.7. The summed E-state index contributed by atoms with van der Waals surface area (Å²) in [6, 6.07) is 15.5. The van der Waals surface area contributed by atoms with E-state index in [1.165, 1.54) is 4.90 Å². The molecular weight excluding hydrogens is 550 g/mol. The molecule has 0 unspecified atom stereocenters. The molecule has 1 N–H and O–H groups in total. The highest BCUT2D eigenvalue weighted by molar-refractivity contribution is 14.1. The number of halogens is 2. The second-order valence-electron chi connectivity index (χ2n) is 4.98. The Morgan fingerprint density at radius 3 is 2.46 bits per heavy atom. The van der Waals surface area contributed by atoms with Gasteiger partial charge in [-0.1, -0.05) is 24.3 Å². The number of rotatable bonds is 4. The average molecular weight is 562 g/mol. The van der Waals surface area contributed by atoms with Crippen molar-refractivity contribution in [2.75, 3.05) is 12.0 Å². The van der Waals surface area contributed by atoms with Crippen LogP contribution in [-0.2, 0) is 4.79 Å². The number of amides is 2. The average Bonchev–Trinajstić information content (AvgIpc) is 2.83. The third-order valence-electron chi connectivity index (χ3n) is 3.34. The Hall–Kier alpha value is -1.07. The van der Waals surface area contributed by atoms with Gasteiger partial charge < -0.3 is 5.32 Å². The van der Waals surface area contributed by atoms with Gasteiger partial charge in [0, 0.05) is 12.8 Å². The number of nitrogens with zero attached hydrogens (tertiary/aromatic N) is 1. The molecule has 1 fully saturated rings. The van der Waals surface area contributed by atoms with Crippen LogP contribution in [0.4, 0.5) is 10.5 Å². The number of para-hydroxylation sites is 1. The monoisotopic (exact) mass is 562 g/mol. The summed E-state index contributed by atoms with van der Waals surface area (Å²) in [6.07, 6.45) is 1.76. The van der Waals surface area contributed by atoms with Gasteiger partial charge in [0.2, 0.25) is 0 Å². The molecule has 0 bridgehead atoms. The summed E-state index contributed by atoms with van der Waals surface area (Å²) in [4.78, 5) is 26.3. The van der Waals surface area contributed by atoms with Crippen LogP contribution in [0, 0.1) is 7.14 Å². The van der Waals surface area contributed by atoms with Crippen molar-refractivity contribution in [3.8, 4) is 0 Å². The molecular formula is C17H12I2N2O2S. The van der Waals surface area contributed by atoms with Gasteiger partial charge in [-0.05, 0) is 92.8 Å². The summed E-state index contributed by atoms with van der Waals surface area (Å²) in [7, 11) is 0. The second-order valence-corrected chi connectivity index (χ2v) is 8.38. The minimum absolute atomic E-state index is 0.161. The molecule has 0 saturated carbocycles. The van der Waals surface area contributed by atoms with Gasteiger partial charge in [-0.2, -0.15) is 0 Å². The Labute approximate surface area is 171 Å². The standard InChI is InChI=1S/C17H12I2N2O2S/c18-12-7-5-11(6-8-12)9-15-16(22)21(17(23)24-15)10-20-14-4-2-1-3-13(14)19/h1-9,20H,10H2. The van der Waals surface area contributed by atoms with E-state index in [-0.39, 0.29) is 17.8 Å².